The smallest absolute Gasteiger partial charge is 0.356 e. The molecule has 0 aliphatic heterocycles. The van der Waals surface area contributed by atoms with Gasteiger partial charge in [0.15, 0.2) is 11.7 Å². The predicted molar refractivity (Wildman–Crippen MR) is 120 cm³/mol. The predicted octanol–water partition coefficient (Wildman–Crippen LogP) is 3.69. The van der Waals surface area contributed by atoms with Crippen LogP contribution in [0.15, 0.2) is 34.6 Å². The van der Waals surface area contributed by atoms with Gasteiger partial charge in [-0.3, -0.25) is 9.79 Å². The maximum atomic E-state index is 12.5. The Kier molecular flexibility index (Phi) is 10.4. The van der Waals surface area contributed by atoms with Crippen molar-refractivity contribution in [2.45, 2.75) is 25.9 Å². The third-order valence-corrected chi connectivity index (χ3v) is 4.64. The zero-order chi connectivity index (χ0) is 20.6. The highest BCUT2D eigenvalue weighted by Gasteiger charge is 2.33. The average Bonchev–Trinajstić information content (AvgIpc) is 3.14. The third-order valence-electron chi connectivity index (χ3n) is 3.73. The number of aryl methyl sites for hydroxylation is 1. The molecular formula is C18H23F3IN5OS. The molecule has 0 unspecified atom stereocenters. The number of nitrogens with one attached hydrogen (secondary N) is 3. The summed E-state index contributed by atoms with van der Waals surface area (Å²) in [6, 6.07) is 7.59. The maximum absolute atomic E-state index is 12.5. The lowest BCUT2D eigenvalue weighted by Crippen LogP contribution is -2.42. The highest BCUT2D eigenvalue weighted by Crippen LogP contribution is 2.29. The van der Waals surface area contributed by atoms with E-state index in [-0.39, 0.29) is 36.4 Å². The van der Waals surface area contributed by atoms with Crippen molar-refractivity contribution in [3.05, 3.63) is 45.9 Å². The summed E-state index contributed by atoms with van der Waals surface area (Å²) in [5.41, 5.74) is 0.969. The topological polar surface area (TPSA) is 78.4 Å². The number of hydrogen-bond acceptors (Lipinski definition) is 4. The lowest BCUT2D eigenvalue weighted by atomic mass is 10.1. The molecule has 0 aliphatic carbocycles. The molecule has 1 heterocycles. The summed E-state index contributed by atoms with van der Waals surface area (Å²) in [5, 5.41) is 9.99. The molecule has 0 spiro atoms. The quantitative estimate of drug-likeness (QED) is 0.284. The van der Waals surface area contributed by atoms with E-state index in [0.29, 0.717) is 23.9 Å². The molecule has 0 bridgehead atoms. The number of carbonyl (C=O) groups excluding carboxylic acids is 1. The number of halogens is 4. The number of carbonyl (C=O) groups is 1. The Morgan fingerprint density at radius 1 is 1.28 bits per heavy atom. The minimum atomic E-state index is -4.43. The second-order valence-corrected chi connectivity index (χ2v) is 6.77. The second-order valence-electron chi connectivity index (χ2n) is 5.83. The highest BCUT2D eigenvalue weighted by molar-refractivity contribution is 14.0. The van der Waals surface area contributed by atoms with Crippen LogP contribution in [0.2, 0.25) is 0 Å². The number of aromatic nitrogens is 1. The summed E-state index contributed by atoms with van der Waals surface area (Å²) in [5.74, 6) is 0.149. The molecule has 0 aliphatic rings. The molecule has 1 aromatic carbocycles. The number of thiazole rings is 1. The van der Waals surface area contributed by atoms with Gasteiger partial charge in [0.05, 0.1) is 11.6 Å². The number of guanidine groups is 1. The molecule has 1 amide bonds. The number of anilines is 1. The van der Waals surface area contributed by atoms with E-state index in [1.807, 2.05) is 31.2 Å². The number of rotatable bonds is 7. The Bertz CT molecular complexity index is 826. The van der Waals surface area contributed by atoms with E-state index in [9.17, 15) is 18.0 Å². The van der Waals surface area contributed by atoms with Gasteiger partial charge in [-0.05, 0) is 24.1 Å². The molecule has 0 atom stereocenters. The van der Waals surface area contributed by atoms with E-state index in [2.05, 4.69) is 25.9 Å². The van der Waals surface area contributed by atoms with Gasteiger partial charge >= 0.3 is 6.18 Å². The molecule has 6 nitrogen and oxygen atoms in total. The molecular weight excluding hydrogens is 518 g/mol. The largest absolute Gasteiger partial charge is 0.434 e. The van der Waals surface area contributed by atoms with Crippen molar-refractivity contribution in [2.75, 3.05) is 25.5 Å². The van der Waals surface area contributed by atoms with Gasteiger partial charge in [-0.2, -0.15) is 13.2 Å². The van der Waals surface area contributed by atoms with Gasteiger partial charge in [0.25, 0.3) is 0 Å². The number of benzene rings is 1. The van der Waals surface area contributed by atoms with Crippen LogP contribution in [0.4, 0.5) is 18.9 Å². The van der Waals surface area contributed by atoms with Crippen LogP contribution < -0.4 is 16.0 Å². The van der Waals surface area contributed by atoms with Gasteiger partial charge in [-0.15, -0.1) is 35.3 Å². The fraction of sp³-hybridized carbons (Fsp3) is 0.389. The monoisotopic (exact) mass is 541 g/mol. The number of hydrogen-bond donors (Lipinski definition) is 3. The lowest BCUT2D eigenvalue weighted by Gasteiger charge is -2.12. The molecule has 160 valence electrons. The Balaban J connectivity index is 0.00000420. The van der Waals surface area contributed by atoms with Gasteiger partial charge in [0, 0.05) is 31.1 Å². The third kappa shape index (κ3) is 8.56. The number of amides is 1. The highest BCUT2D eigenvalue weighted by atomic mass is 127. The van der Waals surface area contributed by atoms with Crippen LogP contribution in [-0.4, -0.2) is 37.0 Å². The standard InChI is InChI=1S/C18H22F3N5OS.HI/c1-3-12-5-4-6-13(9-12)25-15(27)10-24-17(22-2)23-8-7-16-26-14(11-28-16)18(19,20)21;/h4-6,9,11H,3,7-8,10H2,1-2H3,(H,25,27)(H2,22,23,24);1H. The van der Waals surface area contributed by atoms with E-state index in [0.717, 1.165) is 34.4 Å². The van der Waals surface area contributed by atoms with Crippen molar-refractivity contribution in [1.29, 1.82) is 0 Å². The van der Waals surface area contributed by atoms with E-state index < -0.39 is 11.9 Å². The van der Waals surface area contributed by atoms with E-state index in [1.165, 1.54) is 0 Å². The minimum Gasteiger partial charge on any atom is -0.356 e. The van der Waals surface area contributed by atoms with Crippen LogP contribution in [0, 0.1) is 0 Å². The molecule has 2 aromatic rings. The van der Waals surface area contributed by atoms with E-state index in [4.69, 9.17) is 0 Å². The normalized spacial score (nSPS) is 11.6. The Morgan fingerprint density at radius 2 is 2.03 bits per heavy atom. The van der Waals surface area contributed by atoms with E-state index in [1.54, 1.807) is 7.05 Å². The molecule has 11 heteroatoms. The van der Waals surface area contributed by atoms with Crippen molar-refractivity contribution in [3.63, 3.8) is 0 Å². The summed E-state index contributed by atoms with van der Waals surface area (Å²) < 4.78 is 37.6. The molecule has 1 aromatic heterocycles. The first-order valence-electron chi connectivity index (χ1n) is 8.66. The van der Waals surface area contributed by atoms with Gasteiger partial charge in [-0.25, -0.2) is 4.98 Å². The first kappa shape index (κ1) is 25.1. The van der Waals surface area contributed by atoms with Crippen molar-refractivity contribution >= 4 is 52.9 Å². The van der Waals surface area contributed by atoms with Crippen LogP contribution in [0.25, 0.3) is 0 Å². The molecule has 0 fully saturated rings. The summed E-state index contributed by atoms with van der Waals surface area (Å²) in [6.07, 6.45) is -3.23. The van der Waals surface area contributed by atoms with Crippen molar-refractivity contribution in [2.24, 2.45) is 4.99 Å². The van der Waals surface area contributed by atoms with Crippen molar-refractivity contribution in [3.8, 4) is 0 Å². The molecule has 0 saturated carbocycles. The first-order chi connectivity index (χ1) is 13.3. The average molecular weight is 541 g/mol. The maximum Gasteiger partial charge on any atom is 0.434 e. The zero-order valence-corrected chi connectivity index (χ0v) is 19.1. The SMILES string of the molecule is CCc1cccc(NC(=O)CNC(=NC)NCCc2nc(C(F)(F)F)cs2)c1.I. The summed E-state index contributed by atoms with van der Waals surface area (Å²) in [4.78, 5) is 19.6. The Labute approximate surface area is 188 Å². The molecule has 0 radical (unpaired) electrons. The van der Waals surface area contributed by atoms with Gasteiger partial charge in [-0.1, -0.05) is 19.1 Å². The summed E-state index contributed by atoms with van der Waals surface area (Å²) in [7, 11) is 1.54. The molecule has 0 saturated heterocycles. The first-order valence-corrected chi connectivity index (χ1v) is 9.54. The fourth-order valence-corrected chi connectivity index (χ4v) is 3.11. The minimum absolute atomic E-state index is 0. The van der Waals surface area contributed by atoms with Crippen molar-refractivity contribution < 1.29 is 18.0 Å². The molecule has 3 N–H and O–H groups in total. The lowest BCUT2D eigenvalue weighted by molar-refractivity contribution is -0.140. The zero-order valence-electron chi connectivity index (χ0n) is 16.0. The van der Waals surface area contributed by atoms with Crippen LogP contribution in [0.1, 0.15) is 23.2 Å². The summed E-state index contributed by atoms with van der Waals surface area (Å²) >= 11 is 0.963. The van der Waals surface area contributed by atoms with Gasteiger partial charge in [0.1, 0.15) is 0 Å². The van der Waals surface area contributed by atoms with Crippen molar-refractivity contribution in [1.82, 2.24) is 15.6 Å². The molecule has 2 rings (SSSR count). The van der Waals surface area contributed by atoms with Crippen LogP contribution in [0.5, 0.6) is 0 Å². The van der Waals surface area contributed by atoms with Gasteiger partial charge in [0.2, 0.25) is 5.91 Å². The second kappa shape index (κ2) is 12.0. The Morgan fingerprint density at radius 3 is 2.66 bits per heavy atom. The number of aliphatic imine (C=N–C) groups is 1. The van der Waals surface area contributed by atoms with Crippen LogP contribution in [-0.2, 0) is 23.8 Å². The Hall–Kier alpha value is -1.89. The van der Waals surface area contributed by atoms with E-state index >= 15 is 0 Å². The van der Waals surface area contributed by atoms with Crippen LogP contribution >= 0.6 is 35.3 Å². The number of alkyl halides is 3. The van der Waals surface area contributed by atoms with Crippen LogP contribution in [0.3, 0.4) is 0 Å². The fourth-order valence-electron chi connectivity index (χ4n) is 2.30. The molecule has 29 heavy (non-hydrogen) atoms. The van der Waals surface area contributed by atoms with Gasteiger partial charge < -0.3 is 16.0 Å². The summed E-state index contributed by atoms with van der Waals surface area (Å²) in [6.45, 7) is 2.38. The number of nitrogens with zero attached hydrogens (tertiary/aromatic N) is 2.